The molecule has 1 N–H and O–H groups in total. The maximum Gasteiger partial charge on any atom is 0.228 e. The number of carbonyl (C=O) groups is 1. The summed E-state index contributed by atoms with van der Waals surface area (Å²) in [4.78, 5) is 12.2. The van der Waals surface area contributed by atoms with Crippen LogP contribution in [0, 0.1) is 3.57 Å². The Bertz CT molecular complexity index is 760. The molecule has 0 fully saturated rings. The second kappa shape index (κ2) is 17.0. The molecule has 1 amide bonds. The van der Waals surface area contributed by atoms with Crippen LogP contribution in [0.1, 0.15) is 89.5 Å². The van der Waals surface area contributed by atoms with E-state index < -0.39 is 0 Å². The average molecular weight is 550 g/mol. The highest BCUT2D eigenvalue weighted by atomic mass is 127. The van der Waals surface area contributed by atoms with Crippen molar-refractivity contribution in [3.8, 4) is 5.75 Å². The van der Waals surface area contributed by atoms with Crippen molar-refractivity contribution >= 4 is 34.2 Å². The van der Waals surface area contributed by atoms with Gasteiger partial charge < -0.3 is 10.1 Å². The van der Waals surface area contributed by atoms with Crippen LogP contribution in [0.5, 0.6) is 5.75 Å². The van der Waals surface area contributed by atoms with Crippen LogP contribution in [0.15, 0.2) is 48.5 Å². The lowest BCUT2D eigenvalue weighted by Gasteiger charge is -2.08. The average Bonchev–Trinajstić information content (AvgIpc) is 2.78. The zero-order valence-corrected chi connectivity index (χ0v) is 21.9. The highest BCUT2D eigenvalue weighted by Crippen LogP contribution is 2.16. The van der Waals surface area contributed by atoms with Gasteiger partial charge in [-0.05, 0) is 64.9 Å². The van der Waals surface area contributed by atoms with Crippen LogP contribution >= 0.6 is 22.6 Å². The minimum absolute atomic E-state index is 0.00263. The molecular formula is C28H40INO2. The summed E-state index contributed by atoms with van der Waals surface area (Å²) < 4.78 is 6.97. The summed E-state index contributed by atoms with van der Waals surface area (Å²) in [5.74, 6) is 0.881. The lowest BCUT2D eigenvalue weighted by atomic mass is 10.1. The third kappa shape index (κ3) is 12.5. The molecule has 0 aromatic heterocycles. The largest absolute Gasteiger partial charge is 0.494 e. The lowest BCUT2D eigenvalue weighted by Crippen LogP contribution is -2.14. The Hall–Kier alpha value is -1.56. The van der Waals surface area contributed by atoms with Crippen LogP contribution in [0.4, 0.5) is 5.69 Å². The third-order valence-corrected chi connectivity index (χ3v) is 6.33. The predicted octanol–water partition coefficient (Wildman–Crippen LogP) is 8.55. The van der Waals surface area contributed by atoms with Gasteiger partial charge in [-0.25, -0.2) is 0 Å². The molecule has 32 heavy (non-hydrogen) atoms. The van der Waals surface area contributed by atoms with Gasteiger partial charge in [0.25, 0.3) is 0 Å². The van der Waals surface area contributed by atoms with Gasteiger partial charge in [-0.1, -0.05) is 95.8 Å². The van der Waals surface area contributed by atoms with E-state index in [4.69, 9.17) is 4.74 Å². The Morgan fingerprint density at radius 2 is 1.41 bits per heavy atom. The van der Waals surface area contributed by atoms with E-state index >= 15 is 0 Å². The fourth-order valence-electron chi connectivity index (χ4n) is 3.79. The van der Waals surface area contributed by atoms with Crippen molar-refractivity contribution in [3.63, 3.8) is 0 Å². The zero-order valence-electron chi connectivity index (χ0n) is 19.7. The molecule has 4 heteroatoms. The number of hydrogen-bond acceptors (Lipinski definition) is 2. The number of carbonyl (C=O) groups excluding carboxylic acids is 1. The molecule has 2 rings (SSSR count). The van der Waals surface area contributed by atoms with Crippen molar-refractivity contribution in [1.82, 2.24) is 0 Å². The van der Waals surface area contributed by atoms with E-state index in [1.807, 2.05) is 48.5 Å². The van der Waals surface area contributed by atoms with Crippen molar-refractivity contribution in [3.05, 3.63) is 57.7 Å². The number of nitrogens with one attached hydrogen (secondary N) is 1. The normalized spacial score (nSPS) is 10.8. The Kier molecular flexibility index (Phi) is 14.2. The Morgan fingerprint density at radius 1 is 0.812 bits per heavy atom. The van der Waals surface area contributed by atoms with Gasteiger partial charge in [-0.15, -0.1) is 0 Å². The van der Waals surface area contributed by atoms with Gasteiger partial charge in [0.05, 0.1) is 13.0 Å². The molecule has 0 saturated carbocycles. The smallest absolute Gasteiger partial charge is 0.228 e. The highest BCUT2D eigenvalue weighted by molar-refractivity contribution is 14.1. The minimum atomic E-state index is -0.00263. The zero-order chi connectivity index (χ0) is 22.9. The van der Waals surface area contributed by atoms with Gasteiger partial charge in [-0.2, -0.15) is 0 Å². The van der Waals surface area contributed by atoms with E-state index in [1.165, 1.54) is 70.6 Å². The summed E-state index contributed by atoms with van der Waals surface area (Å²) in [5, 5.41) is 2.95. The maximum atomic E-state index is 12.2. The molecule has 0 aliphatic carbocycles. The highest BCUT2D eigenvalue weighted by Gasteiger charge is 2.05. The van der Waals surface area contributed by atoms with Gasteiger partial charge in [0, 0.05) is 9.26 Å². The maximum absolute atomic E-state index is 12.2. The van der Waals surface area contributed by atoms with Crippen molar-refractivity contribution < 1.29 is 9.53 Å². The topological polar surface area (TPSA) is 38.3 Å². The summed E-state index contributed by atoms with van der Waals surface area (Å²) >= 11 is 2.24. The SMILES string of the molecule is CCCCCCCCCCCCCCOc1ccc(CC(=O)Nc2cccc(I)c2)cc1. The molecule has 176 valence electrons. The first kappa shape index (κ1) is 26.7. The number of unbranched alkanes of at least 4 members (excludes halogenated alkanes) is 11. The van der Waals surface area contributed by atoms with E-state index in [0.29, 0.717) is 6.42 Å². The molecule has 0 radical (unpaired) electrons. The Balaban J connectivity index is 1.49. The van der Waals surface area contributed by atoms with Crippen LogP contribution in [-0.4, -0.2) is 12.5 Å². The quantitative estimate of drug-likeness (QED) is 0.159. The molecule has 0 heterocycles. The van der Waals surface area contributed by atoms with Crippen LogP contribution in [0.3, 0.4) is 0 Å². The van der Waals surface area contributed by atoms with Crippen LogP contribution in [0.2, 0.25) is 0 Å². The minimum Gasteiger partial charge on any atom is -0.494 e. The summed E-state index contributed by atoms with van der Waals surface area (Å²) in [6.45, 7) is 3.04. The Morgan fingerprint density at radius 3 is 2.00 bits per heavy atom. The van der Waals surface area contributed by atoms with E-state index in [1.54, 1.807) is 0 Å². The van der Waals surface area contributed by atoms with Gasteiger partial charge in [0.15, 0.2) is 0 Å². The third-order valence-electron chi connectivity index (χ3n) is 5.66. The fraction of sp³-hybridized carbons (Fsp3) is 0.536. The van der Waals surface area contributed by atoms with Crippen LogP contribution in [-0.2, 0) is 11.2 Å². The van der Waals surface area contributed by atoms with Gasteiger partial charge in [0.1, 0.15) is 5.75 Å². The summed E-state index contributed by atoms with van der Waals surface area (Å²) in [7, 11) is 0. The number of benzene rings is 2. The molecule has 2 aromatic rings. The van der Waals surface area contributed by atoms with Crippen molar-refractivity contribution in [1.29, 1.82) is 0 Å². The molecule has 0 bridgehead atoms. The molecule has 0 aliphatic heterocycles. The summed E-state index contributed by atoms with van der Waals surface area (Å²) in [6, 6.07) is 15.7. The first-order chi connectivity index (χ1) is 15.7. The lowest BCUT2D eigenvalue weighted by molar-refractivity contribution is -0.115. The molecule has 3 nitrogen and oxygen atoms in total. The predicted molar refractivity (Wildman–Crippen MR) is 145 cm³/mol. The number of rotatable bonds is 17. The summed E-state index contributed by atoms with van der Waals surface area (Å²) in [5.41, 5.74) is 1.83. The van der Waals surface area contributed by atoms with Gasteiger partial charge in [0.2, 0.25) is 5.91 Å². The number of hydrogen-bond donors (Lipinski definition) is 1. The molecule has 0 atom stereocenters. The monoisotopic (exact) mass is 549 g/mol. The molecular weight excluding hydrogens is 509 g/mol. The van der Waals surface area contributed by atoms with Crippen molar-refractivity contribution in [2.75, 3.05) is 11.9 Å². The van der Waals surface area contributed by atoms with E-state index in [0.717, 1.165) is 33.6 Å². The number of ether oxygens (including phenoxy) is 1. The number of anilines is 1. The molecule has 0 spiro atoms. The standard InChI is InChI=1S/C28H40INO2/c1-2-3-4-5-6-7-8-9-10-11-12-13-21-32-27-19-17-24(18-20-27)22-28(31)30-26-16-14-15-25(29)23-26/h14-20,23H,2-13,21-22H2,1H3,(H,30,31). The summed E-state index contributed by atoms with van der Waals surface area (Å²) in [6.07, 6.45) is 16.6. The molecule has 0 saturated heterocycles. The van der Waals surface area contributed by atoms with E-state index in [2.05, 4.69) is 34.8 Å². The van der Waals surface area contributed by atoms with Crippen molar-refractivity contribution in [2.45, 2.75) is 90.4 Å². The molecule has 0 aliphatic rings. The first-order valence-electron chi connectivity index (χ1n) is 12.4. The van der Waals surface area contributed by atoms with Gasteiger partial charge >= 0.3 is 0 Å². The van der Waals surface area contributed by atoms with Crippen LogP contribution < -0.4 is 10.1 Å². The number of amides is 1. The van der Waals surface area contributed by atoms with E-state index in [9.17, 15) is 4.79 Å². The first-order valence-corrected chi connectivity index (χ1v) is 13.5. The molecule has 2 aromatic carbocycles. The second-order valence-corrected chi connectivity index (χ2v) is 9.86. The number of halogens is 1. The van der Waals surface area contributed by atoms with Crippen LogP contribution in [0.25, 0.3) is 0 Å². The Labute approximate surface area is 208 Å². The van der Waals surface area contributed by atoms with Crippen molar-refractivity contribution in [2.24, 2.45) is 0 Å². The second-order valence-electron chi connectivity index (χ2n) is 8.62. The fourth-order valence-corrected chi connectivity index (χ4v) is 4.34. The van der Waals surface area contributed by atoms with E-state index in [-0.39, 0.29) is 5.91 Å². The molecule has 0 unspecified atom stereocenters. The van der Waals surface area contributed by atoms with Gasteiger partial charge in [-0.3, -0.25) is 4.79 Å².